The second-order valence-corrected chi connectivity index (χ2v) is 5.23. The van der Waals surface area contributed by atoms with Crippen LogP contribution in [0.25, 0.3) is 0 Å². The van der Waals surface area contributed by atoms with Gasteiger partial charge in [0.1, 0.15) is 0 Å². The van der Waals surface area contributed by atoms with Crippen molar-refractivity contribution in [1.82, 2.24) is 4.98 Å². The molecule has 0 spiro atoms. The van der Waals surface area contributed by atoms with Crippen LogP contribution in [0.5, 0.6) is 5.88 Å². The van der Waals surface area contributed by atoms with Crippen LogP contribution >= 0.6 is 0 Å². The summed E-state index contributed by atoms with van der Waals surface area (Å²) in [6.07, 6.45) is 10.2. The first-order chi connectivity index (χ1) is 9.25. The molecule has 1 saturated carbocycles. The molecule has 2 rings (SSSR count). The SMILES string of the molecule is O=C(O)Oc1ncccc1CCCC1CCCCC1. The number of carboxylic acid groups (broad SMARTS) is 1. The summed E-state index contributed by atoms with van der Waals surface area (Å²) in [6, 6.07) is 3.72. The van der Waals surface area contributed by atoms with Gasteiger partial charge in [0.25, 0.3) is 0 Å². The van der Waals surface area contributed by atoms with E-state index in [9.17, 15) is 4.79 Å². The summed E-state index contributed by atoms with van der Waals surface area (Å²) in [4.78, 5) is 14.6. The van der Waals surface area contributed by atoms with E-state index in [0.717, 1.165) is 24.3 Å². The fraction of sp³-hybridized carbons (Fsp3) is 0.600. The number of nitrogens with zero attached hydrogens (tertiary/aromatic N) is 1. The van der Waals surface area contributed by atoms with Gasteiger partial charge < -0.3 is 9.84 Å². The Kier molecular flexibility index (Phi) is 5.19. The predicted molar refractivity (Wildman–Crippen MR) is 72.4 cm³/mol. The van der Waals surface area contributed by atoms with Crippen molar-refractivity contribution in [2.24, 2.45) is 5.92 Å². The summed E-state index contributed by atoms with van der Waals surface area (Å²) in [5, 5.41) is 8.66. The predicted octanol–water partition coefficient (Wildman–Crippen LogP) is 4.04. The molecule has 1 heterocycles. The van der Waals surface area contributed by atoms with Gasteiger partial charge in [0.05, 0.1) is 0 Å². The molecule has 1 aliphatic rings. The number of hydrogen-bond acceptors (Lipinski definition) is 3. The number of rotatable bonds is 5. The quantitative estimate of drug-likeness (QED) is 0.814. The standard InChI is InChI=1S/C15H21NO3/c17-15(18)19-14-13(10-5-11-16-14)9-4-8-12-6-2-1-3-7-12/h5,10-12H,1-4,6-9H2,(H,17,18). The highest BCUT2D eigenvalue weighted by Crippen LogP contribution is 2.28. The summed E-state index contributed by atoms with van der Waals surface area (Å²) < 4.78 is 4.69. The lowest BCUT2D eigenvalue weighted by molar-refractivity contribution is 0.142. The lowest BCUT2D eigenvalue weighted by atomic mass is 9.85. The minimum Gasteiger partial charge on any atom is -0.449 e. The Morgan fingerprint density at radius 2 is 2.16 bits per heavy atom. The Balaban J connectivity index is 1.83. The number of carbonyl (C=O) groups is 1. The van der Waals surface area contributed by atoms with Crippen LogP contribution in [0, 0.1) is 5.92 Å². The zero-order chi connectivity index (χ0) is 13.5. The van der Waals surface area contributed by atoms with Gasteiger partial charge in [0.15, 0.2) is 0 Å². The molecule has 19 heavy (non-hydrogen) atoms. The Hall–Kier alpha value is -1.58. The van der Waals surface area contributed by atoms with Crippen molar-refractivity contribution in [3.63, 3.8) is 0 Å². The summed E-state index contributed by atoms with van der Waals surface area (Å²) in [5.41, 5.74) is 0.890. The molecule has 0 bridgehead atoms. The number of hydrogen-bond donors (Lipinski definition) is 1. The van der Waals surface area contributed by atoms with E-state index in [1.54, 1.807) is 6.20 Å². The summed E-state index contributed by atoms with van der Waals surface area (Å²) in [6.45, 7) is 0. The summed E-state index contributed by atoms with van der Waals surface area (Å²) in [7, 11) is 0. The van der Waals surface area contributed by atoms with E-state index in [1.165, 1.54) is 38.5 Å². The molecule has 1 aromatic rings. The van der Waals surface area contributed by atoms with Gasteiger partial charge >= 0.3 is 6.16 Å². The fourth-order valence-electron chi connectivity index (χ4n) is 2.85. The van der Waals surface area contributed by atoms with Gasteiger partial charge in [-0.2, -0.15) is 0 Å². The van der Waals surface area contributed by atoms with Crippen LogP contribution in [0.1, 0.15) is 50.5 Å². The maximum Gasteiger partial charge on any atom is 0.512 e. The van der Waals surface area contributed by atoms with E-state index in [0.29, 0.717) is 0 Å². The van der Waals surface area contributed by atoms with Crippen molar-refractivity contribution >= 4 is 6.16 Å². The van der Waals surface area contributed by atoms with Crippen LogP contribution in [0.3, 0.4) is 0 Å². The topological polar surface area (TPSA) is 59.4 Å². The molecule has 1 fully saturated rings. The first-order valence-electron chi connectivity index (χ1n) is 7.10. The maximum absolute atomic E-state index is 10.6. The molecular formula is C15H21NO3. The normalized spacial score (nSPS) is 16.2. The zero-order valence-electron chi connectivity index (χ0n) is 11.2. The third-order valence-corrected chi connectivity index (χ3v) is 3.82. The van der Waals surface area contributed by atoms with Crippen molar-refractivity contribution in [3.8, 4) is 5.88 Å². The molecule has 1 aliphatic carbocycles. The van der Waals surface area contributed by atoms with Crippen LogP contribution in [0.2, 0.25) is 0 Å². The molecule has 0 aliphatic heterocycles. The van der Waals surface area contributed by atoms with Gasteiger partial charge in [0, 0.05) is 11.8 Å². The molecule has 4 heteroatoms. The lowest BCUT2D eigenvalue weighted by Crippen LogP contribution is -2.08. The van der Waals surface area contributed by atoms with Gasteiger partial charge in [0.2, 0.25) is 5.88 Å². The zero-order valence-corrected chi connectivity index (χ0v) is 11.2. The molecule has 0 radical (unpaired) electrons. The van der Waals surface area contributed by atoms with Crippen molar-refractivity contribution in [2.45, 2.75) is 51.4 Å². The Bertz CT molecular complexity index is 414. The minimum absolute atomic E-state index is 0.235. The third-order valence-electron chi connectivity index (χ3n) is 3.82. The third kappa shape index (κ3) is 4.54. The van der Waals surface area contributed by atoms with Crippen LogP contribution in [0.15, 0.2) is 18.3 Å². The second-order valence-electron chi connectivity index (χ2n) is 5.23. The first-order valence-corrected chi connectivity index (χ1v) is 7.10. The van der Waals surface area contributed by atoms with Gasteiger partial charge in [-0.3, -0.25) is 0 Å². The molecule has 1 N–H and O–H groups in total. The van der Waals surface area contributed by atoms with Crippen LogP contribution in [0.4, 0.5) is 4.79 Å². The van der Waals surface area contributed by atoms with Gasteiger partial charge in [-0.1, -0.05) is 44.6 Å². The first kappa shape index (κ1) is 13.8. The Morgan fingerprint density at radius 1 is 1.37 bits per heavy atom. The molecule has 104 valence electrons. The average Bonchev–Trinajstić information content (AvgIpc) is 2.41. The number of ether oxygens (including phenoxy) is 1. The molecule has 0 aromatic carbocycles. The summed E-state index contributed by atoms with van der Waals surface area (Å²) in [5.74, 6) is 1.09. The van der Waals surface area contributed by atoms with Gasteiger partial charge in [-0.25, -0.2) is 9.78 Å². The largest absolute Gasteiger partial charge is 0.512 e. The van der Waals surface area contributed by atoms with E-state index in [1.807, 2.05) is 12.1 Å². The van der Waals surface area contributed by atoms with Crippen molar-refractivity contribution < 1.29 is 14.6 Å². The molecule has 0 atom stereocenters. The van der Waals surface area contributed by atoms with E-state index in [4.69, 9.17) is 9.84 Å². The number of pyridine rings is 1. The Labute approximate surface area is 113 Å². The van der Waals surface area contributed by atoms with Crippen molar-refractivity contribution in [1.29, 1.82) is 0 Å². The Morgan fingerprint density at radius 3 is 2.89 bits per heavy atom. The number of aromatic nitrogens is 1. The van der Waals surface area contributed by atoms with E-state index in [2.05, 4.69) is 4.98 Å². The summed E-state index contributed by atoms with van der Waals surface area (Å²) >= 11 is 0. The molecule has 0 unspecified atom stereocenters. The molecule has 4 nitrogen and oxygen atoms in total. The van der Waals surface area contributed by atoms with E-state index in [-0.39, 0.29) is 5.88 Å². The second kappa shape index (κ2) is 7.12. The molecule has 1 aromatic heterocycles. The number of aryl methyl sites for hydroxylation is 1. The smallest absolute Gasteiger partial charge is 0.449 e. The van der Waals surface area contributed by atoms with Crippen molar-refractivity contribution in [3.05, 3.63) is 23.9 Å². The highest BCUT2D eigenvalue weighted by Gasteiger charge is 2.14. The van der Waals surface area contributed by atoms with Crippen LogP contribution in [-0.4, -0.2) is 16.2 Å². The van der Waals surface area contributed by atoms with Crippen LogP contribution in [-0.2, 0) is 6.42 Å². The molecular weight excluding hydrogens is 242 g/mol. The van der Waals surface area contributed by atoms with Gasteiger partial charge in [-0.05, 0) is 24.8 Å². The lowest BCUT2D eigenvalue weighted by Gasteiger charge is -2.21. The molecule has 0 amide bonds. The van der Waals surface area contributed by atoms with E-state index >= 15 is 0 Å². The monoisotopic (exact) mass is 263 g/mol. The minimum atomic E-state index is -1.30. The highest BCUT2D eigenvalue weighted by molar-refractivity contribution is 5.60. The maximum atomic E-state index is 10.6. The van der Waals surface area contributed by atoms with Gasteiger partial charge in [-0.15, -0.1) is 0 Å². The highest BCUT2D eigenvalue weighted by atomic mass is 16.7. The average molecular weight is 263 g/mol. The molecule has 0 saturated heterocycles. The van der Waals surface area contributed by atoms with Crippen molar-refractivity contribution in [2.75, 3.05) is 0 Å². The van der Waals surface area contributed by atoms with E-state index < -0.39 is 6.16 Å². The fourth-order valence-corrected chi connectivity index (χ4v) is 2.85. The van der Waals surface area contributed by atoms with Crippen LogP contribution < -0.4 is 4.74 Å².